The summed E-state index contributed by atoms with van der Waals surface area (Å²) in [4.78, 5) is 3.37. The minimum atomic E-state index is -3.30. The summed E-state index contributed by atoms with van der Waals surface area (Å²) in [6.07, 6.45) is 3.88. The van der Waals surface area contributed by atoms with E-state index in [9.17, 15) is 8.42 Å². The molecule has 1 aromatic heterocycles. The van der Waals surface area contributed by atoms with Crippen molar-refractivity contribution in [2.45, 2.75) is 36.5 Å². The highest BCUT2D eigenvalue weighted by Crippen LogP contribution is 2.25. The molecule has 0 amide bonds. The van der Waals surface area contributed by atoms with Crippen LogP contribution in [0, 0.1) is 6.92 Å². The average molecular weight is 345 g/mol. The first kappa shape index (κ1) is 16.4. The molecule has 1 unspecified atom stereocenters. The first-order chi connectivity index (χ1) is 10.6. The summed E-state index contributed by atoms with van der Waals surface area (Å²) in [6, 6.07) is 3.59. The summed E-state index contributed by atoms with van der Waals surface area (Å²) in [5.74, 6) is 0. The Hall–Kier alpha value is -0.470. The van der Waals surface area contributed by atoms with Gasteiger partial charge >= 0.3 is 0 Å². The Balaban J connectivity index is 1.55. The third-order valence-corrected chi connectivity index (χ3v) is 7.74. The normalized spacial score (nSPS) is 25.4. The van der Waals surface area contributed by atoms with Gasteiger partial charge in [0.2, 0.25) is 0 Å². The number of aryl methyl sites for hydroxylation is 1. The predicted molar refractivity (Wildman–Crippen MR) is 87.8 cm³/mol. The molecule has 0 radical (unpaired) electrons. The fourth-order valence-electron chi connectivity index (χ4n) is 3.07. The molecule has 2 aliphatic heterocycles. The van der Waals surface area contributed by atoms with Crippen LogP contribution in [0.3, 0.4) is 0 Å². The number of ether oxygens (including phenoxy) is 1. The highest BCUT2D eigenvalue weighted by molar-refractivity contribution is 7.91. The van der Waals surface area contributed by atoms with Crippen LogP contribution in [0.25, 0.3) is 0 Å². The summed E-state index contributed by atoms with van der Waals surface area (Å²) < 4.78 is 33.0. The van der Waals surface area contributed by atoms with Crippen molar-refractivity contribution >= 4 is 21.4 Å². The summed E-state index contributed by atoms with van der Waals surface area (Å²) in [5, 5.41) is 0. The van der Waals surface area contributed by atoms with E-state index in [-0.39, 0.29) is 0 Å². The highest BCUT2D eigenvalue weighted by atomic mass is 32.2. The van der Waals surface area contributed by atoms with Gasteiger partial charge < -0.3 is 4.74 Å². The average Bonchev–Trinajstić information content (AvgIpc) is 2.96. The number of nitrogens with zero attached hydrogens (tertiary/aromatic N) is 2. The third kappa shape index (κ3) is 3.71. The minimum absolute atomic E-state index is 0.330. The van der Waals surface area contributed by atoms with E-state index in [2.05, 4.69) is 4.90 Å². The van der Waals surface area contributed by atoms with Gasteiger partial charge in [-0.15, -0.1) is 11.3 Å². The quantitative estimate of drug-likeness (QED) is 0.837. The molecular weight excluding hydrogens is 320 g/mol. The molecule has 2 fully saturated rings. The molecule has 2 aliphatic rings. The molecule has 0 N–H and O–H groups in total. The van der Waals surface area contributed by atoms with Crippen molar-refractivity contribution in [2.75, 3.05) is 39.3 Å². The van der Waals surface area contributed by atoms with E-state index in [0.29, 0.717) is 23.4 Å². The number of rotatable bonds is 4. The van der Waals surface area contributed by atoms with E-state index in [1.165, 1.54) is 24.2 Å². The summed E-state index contributed by atoms with van der Waals surface area (Å²) in [7, 11) is -3.30. The van der Waals surface area contributed by atoms with Crippen LogP contribution in [0.4, 0.5) is 0 Å². The highest BCUT2D eigenvalue weighted by Gasteiger charge is 2.30. The first-order valence-corrected chi connectivity index (χ1v) is 10.2. The van der Waals surface area contributed by atoms with Gasteiger partial charge in [0.15, 0.2) is 0 Å². The fourth-order valence-corrected chi connectivity index (χ4v) is 5.93. The standard InChI is InChI=1S/C15H24N2O3S2/c1-13-5-6-15(21-13)22(18,19)17-9-7-16(8-10-17)12-14-4-2-3-11-20-14/h5-6,14H,2-4,7-12H2,1H3. The SMILES string of the molecule is Cc1ccc(S(=O)(=O)N2CCN(CC3CCCCO3)CC2)s1. The lowest BCUT2D eigenvalue weighted by Crippen LogP contribution is -2.50. The van der Waals surface area contributed by atoms with Gasteiger partial charge in [-0.05, 0) is 38.3 Å². The van der Waals surface area contributed by atoms with Gasteiger partial charge in [0, 0.05) is 44.2 Å². The Morgan fingerprint density at radius 3 is 2.59 bits per heavy atom. The van der Waals surface area contributed by atoms with Gasteiger partial charge in [-0.2, -0.15) is 4.31 Å². The second-order valence-corrected chi connectivity index (χ2v) is 9.51. The van der Waals surface area contributed by atoms with Crippen LogP contribution < -0.4 is 0 Å². The van der Waals surface area contributed by atoms with Crippen molar-refractivity contribution in [1.82, 2.24) is 9.21 Å². The summed E-state index contributed by atoms with van der Waals surface area (Å²) >= 11 is 1.35. The second kappa shape index (κ2) is 6.97. The summed E-state index contributed by atoms with van der Waals surface area (Å²) in [6.45, 7) is 6.49. The van der Waals surface area contributed by atoms with Crippen molar-refractivity contribution in [3.63, 3.8) is 0 Å². The first-order valence-electron chi connectivity index (χ1n) is 7.96. The van der Waals surface area contributed by atoms with E-state index in [1.807, 2.05) is 13.0 Å². The van der Waals surface area contributed by atoms with Crippen molar-refractivity contribution < 1.29 is 13.2 Å². The third-order valence-electron chi connectivity index (χ3n) is 4.38. The topological polar surface area (TPSA) is 49.9 Å². The molecule has 3 rings (SSSR count). The van der Waals surface area contributed by atoms with Gasteiger partial charge in [-0.1, -0.05) is 0 Å². The molecule has 1 aromatic rings. The van der Waals surface area contributed by atoms with Crippen LogP contribution in [0.2, 0.25) is 0 Å². The monoisotopic (exact) mass is 344 g/mol. The lowest BCUT2D eigenvalue weighted by atomic mass is 10.1. The second-order valence-electron chi connectivity index (χ2n) is 6.06. The molecule has 0 saturated carbocycles. The molecule has 0 spiro atoms. The zero-order valence-corrected chi connectivity index (χ0v) is 14.7. The maximum atomic E-state index is 12.6. The lowest BCUT2D eigenvalue weighted by molar-refractivity contribution is -0.0103. The van der Waals surface area contributed by atoms with E-state index in [4.69, 9.17) is 4.74 Å². The largest absolute Gasteiger partial charge is 0.377 e. The van der Waals surface area contributed by atoms with Crippen LogP contribution in [0.15, 0.2) is 16.3 Å². The zero-order valence-electron chi connectivity index (χ0n) is 13.0. The smallest absolute Gasteiger partial charge is 0.252 e. The number of hydrogen-bond acceptors (Lipinski definition) is 5. The van der Waals surface area contributed by atoms with E-state index in [1.54, 1.807) is 10.4 Å². The van der Waals surface area contributed by atoms with Crippen LogP contribution in [0.5, 0.6) is 0 Å². The molecule has 7 heteroatoms. The number of thiophene rings is 1. The summed E-state index contributed by atoms with van der Waals surface area (Å²) in [5.41, 5.74) is 0. The number of piperazine rings is 1. The molecular formula is C15H24N2O3S2. The number of hydrogen-bond donors (Lipinski definition) is 0. The van der Waals surface area contributed by atoms with Crippen molar-refractivity contribution in [3.8, 4) is 0 Å². The molecule has 22 heavy (non-hydrogen) atoms. The molecule has 0 aromatic carbocycles. The fraction of sp³-hybridized carbons (Fsp3) is 0.733. The molecule has 1 atom stereocenters. The molecule has 3 heterocycles. The van der Waals surface area contributed by atoms with Crippen LogP contribution >= 0.6 is 11.3 Å². The molecule has 5 nitrogen and oxygen atoms in total. The lowest BCUT2D eigenvalue weighted by Gasteiger charge is -2.36. The maximum Gasteiger partial charge on any atom is 0.252 e. The van der Waals surface area contributed by atoms with Crippen LogP contribution in [-0.4, -0.2) is 63.1 Å². The van der Waals surface area contributed by atoms with Crippen LogP contribution in [-0.2, 0) is 14.8 Å². The van der Waals surface area contributed by atoms with E-state index >= 15 is 0 Å². The maximum absolute atomic E-state index is 12.6. The van der Waals surface area contributed by atoms with E-state index < -0.39 is 10.0 Å². The van der Waals surface area contributed by atoms with Gasteiger partial charge in [0.25, 0.3) is 10.0 Å². The van der Waals surface area contributed by atoms with Crippen molar-refractivity contribution in [3.05, 3.63) is 17.0 Å². The van der Waals surface area contributed by atoms with Crippen molar-refractivity contribution in [1.29, 1.82) is 0 Å². The molecule has 0 bridgehead atoms. The Bertz CT molecular complexity index is 586. The Labute approximate surface area is 136 Å². The van der Waals surface area contributed by atoms with Gasteiger partial charge in [-0.25, -0.2) is 8.42 Å². The molecule has 0 aliphatic carbocycles. The minimum Gasteiger partial charge on any atom is -0.377 e. The van der Waals surface area contributed by atoms with Gasteiger partial charge in [0.05, 0.1) is 6.10 Å². The molecule has 2 saturated heterocycles. The Kier molecular flexibility index (Phi) is 5.19. The Morgan fingerprint density at radius 1 is 1.23 bits per heavy atom. The van der Waals surface area contributed by atoms with Crippen molar-refractivity contribution in [2.24, 2.45) is 0 Å². The van der Waals surface area contributed by atoms with Gasteiger partial charge in [0.1, 0.15) is 4.21 Å². The van der Waals surface area contributed by atoms with Gasteiger partial charge in [-0.3, -0.25) is 4.90 Å². The zero-order chi connectivity index (χ0) is 15.6. The Morgan fingerprint density at radius 2 is 2.00 bits per heavy atom. The molecule has 124 valence electrons. The predicted octanol–water partition coefficient (Wildman–Crippen LogP) is 1.93. The number of sulfonamides is 1. The van der Waals surface area contributed by atoms with Crippen LogP contribution in [0.1, 0.15) is 24.1 Å². The van der Waals surface area contributed by atoms with E-state index in [0.717, 1.165) is 37.5 Å².